The van der Waals surface area contributed by atoms with Crippen molar-refractivity contribution in [2.24, 2.45) is 0 Å². The summed E-state index contributed by atoms with van der Waals surface area (Å²) >= 11 is 12.1. The molecule has 0 atom stereocenters. The lowest BCUT2D eigenvalue weighted by molar-refractivity contribution is 0.301. The van der Waals surface area contributed by atoms with Gasteiger partial charge in [0, 0.05) is 35.2 Å². The Morgan fingerprint density at radius 1 is 1.00 bits per heavy atom. The Labute approximate surface area is 185 Å². The van der Waals surface area contributed by atoms with Gasteiger partial charge in [0.25, 0.3) is 0 Å². The van der Waals surface area contributed by atoms with E-state index in [4.69, 9.17) is 27.9 Å². The molecule has 0 amide bonds. The molecule has 0 spiro atoms. The molecule has 0 heterocycles. The van der Waals surface area contributed by atoms with Gasteiger partial charge in [-0.25, -0.2) is 0 Å². The first-order valence-electron chi connectivity index (χ1n) is 8.71. The predicted octanol–water partition coefficient (Wildman–Crippen LogP) is 5.85. The van der Waals surface area contributed by atoms with Crippen molar-refractivity contribution in [3.8, 4) is 5.75 Å². The highest BCUT2D eigenvalue weighted by atomic mass is 35.5. The summed E-state index contributed by atoms with van der Waals surface area (Å²) in [5, 5.41) is 4.74. The average molecular weight is 454 g/mol. The topological polar surface area (TPSA) is 24.5 Å². The van der Waals surface area contributed by atoms with Gasteiger partial charge < -0.3 is 15.0 Å². The molecule has 0 unspecified atom stereocenters. The molecule has 2 aromatic rings. The number of halogens is 4. The van der Waals surface area contributed by atoms with E-state index in [0.29, 0.717) is 16.7 Å². The molecule has 27 heavy (non-hydrogen) atoms. The maximum Gasteiger partial charge on any atom is 0.120 e. The molecule has 1 N–H and O–H groups in total. The molecule has 7 heteroatoms. The lowest BCUT2D eigenvalue weighted by Crippen LogP contribution is -2.31. The Hall–Kier alpha value is -0.680. The minimum absolute atomic E-state index is 0. The van der Waals surface area contributed by atoms with Crippen LogP contribution in [-0.4, -0.2) is 31.1 Å². The van der Waals surface area contributed by atoms with E-state index in [0.717, 1.165) is 44.0 Å². The largest absolute Gasteiger partial charge is 0.489 e. The smallest absolute Gasteiger partial charge is 0.120 e. The van der Waals surface area contributed by atoms with Crippen molar-refractivity contribution in [2.75, 3.05) is 26.2 Å². The lowest BCUT2D eigenvalue weighted by atomic mass is 10.2. The van der Waals surface area contributed by atoms with E-state index < -0.39 is 0 Å². The minimum atomic E-state index is 0. The van der Waals surface area contributed by atoms with Gasteiger partial charge in [-0.1, -0.05) is 55.2 Å². The zero-order valence-electron chi connectivity index (χ0n) is 15.7. The molecule has 2 aromatic carbocycles. The second-order valence-electron chi connectivity index (χ2n) is 5.88. The molecule has 0 aromatic heterocycles. The van der Waals surface area contributed by atoms with E-state index in [9.17, 15) is 0 Å². The third-order valence-corrected chi connectivity index (χ3v) is 4.72. The normalized spacial score (nSPS) is 10.3. The van der Waals surface area contributed by atoms with Crippen LogP contribution >= 0.6 is 48.0 Å². The van der Waals surface area contributed by atoms with Crippen molar-refractivity contribution >= 4 is 48.0 Å². The summed E-state index contributed by atoms with van der Waals surface area (Å²) in [6.45, 7) is 9.87. The number of benzene rings is 2. The van der Waals surface area contributed by atoms with Gasteiger partial charge in [-0.2, -0.15) is 0 Å². The van der Waals surface area contributed by atoms with Crippen molar-refractivity contribution in [3.05, 3.63) is 63.6 Å². The van der Waals surface area contributed by atoms with Crippen LogP contribution < -0.4 is 10.1 Å². The summed E-state index contributed by atoms with van der Waals surface area (Å²) < 4.78 is 5.87. The molecule has 3 nitrogen and oxygen atoms in total. The van der Waals surface area contributed by atoms with E-state index in [1.54, 1.807) is 6.07 Å². The van der Waals surface area contributed by atoms with Gasteiger partial charge in [0.15, 0.2) is 0 Å². The summed E-state index contributed by atoms with van der Waals surface area (Å²) in [5.41, 5.74) is 2.13. The lowest BCUT2D eigenvalue weighted by Gasteiger charge is -2.18. The predicted molar refractivity (Wildman–Crippen MR) is 121 cm³/mol. The fourth-order valence-corrected chi connectivity index (χ4v) is 3.02. The second-order valence-corrected chi connectivity index (χ2v) is 6.72. The van der Waals surface area contributed by atoms with E-state index in [2.05, 4.69) is 36.2 Å². The molecule has 2 rings (SSSR count). The third-order valence-electron chi connectivity index (χ3n) is 4.14. The summed E-state index contributed by atoms with van der Waals surface area (Å²) in [5.74, 6) is 0.842. The van der Waals surface area contributed by atoms with Gasteiger partial charge in [0.2, 0.25) is 0 Å². The Morgan fingerprint density at radius 3 is 2.41 bits per heavy atom. The fourth-order valence-electron chi connectivity index (χ4n) is 2.55. The number of hydrogen-bond donors (Lipinski definition) is 1. The molecular formula is C20H28Cl4N2O. The molecule has 0 aliphatic carbocycles. The second kappa shape index (κ2) is 14.3. The molecule has 0 bridgehead atoms. The number of ether oxygens (including phenoxy) is 1. The molecule has 0 aliphatic heterocycles. The van der Waals surface area contributed by atoms with Crippen molar-refractivity contribution in [3.63, 3.8) is 0 Å². The molecule has 0 saturated carbocycles. The highest BCUT2D eigenvalue weighted by molar-refractivity contribution is 6.35. The number of rotatable bonds is 10. The summed E-state index contributed by atoms with van der Waals surface area (Å²) in [7, 11) is 0. The molecular weight excluding hydrogens is 426 g/mol. The first-order valence-corrected chi connectivity index (χ1v) is 9.46. The number of hydrogen-bond acceptors (Lipinski definition) is 3. The van der Waals surface area contributed by atoms with Crippen LogP contribution in [-0.2, 0) is 13.2 Å². The monoisotopic (exact) mass is 452 g/mol. The van der Waals surface area contributed by atoms with E-state index in [1.165, 1.54) is 5.56 Å². The van der Waals surface area contributed by atoms with Crippen molar-refractivity contribution in [2.45, 2.75) is 27.0 Å². The Balaban J connectivity index is 0.00000338. The van der Waals surface area contributed by atoms with Crippen LogP contribution in [0.15, 0.2) is 42.5 Å². The average Bonchev–Trinajstić information content (AvgIpc) is 2.61. The standard InChI is InChI=1S/C20H26Cl2N2O.2ClH/c1-3-24(4-2)11-10-23-14-16-6-5-7-19(12-16)25-15-17-8-9-18(21)13-20(17)22;;/h5-9,12-13,23H,3-4,10-11,14-15H2,1-2H3;2*1H. The first-order chi connectivity index (χ1) is 12.1. The number of likely N-dealkylation sites (N-methyl/N-ethyl adjacent to an activating group) is 1. The fraction of sp³-hybridized carbons (Fsp3) is 0.400. The number of nitrogens with zero attached hydrogens (tertiary/aromatic N) is 1. The molecule has 0 saturated heterocycles. The van der Waals surface area contributed by atoms with Crippen LogP contribution in [0.4, 0.5) is 0 Å². The molecule has 0 radical (unpaired) electrons. The van der Waals surface area contributed by atoms with E-state index in [-0.39, 0.29) is 24.8 Å². The van der Waals surface area contributed by atoms with E-state index >= 15 is 0 Å². The maximum atomic E-state index is 6.18. The Kier molecular flexibility index (Phi) is 14.0. The van der Waals surface area contributed by atoms with Crippen LogP contribution in [0.1, 0.15) is 25.0 Å². The highest BCUT2D eigenvalue weighted by Crippen LogP contribution is 2.23. The van der Waals surface area contributed by atoms with Gasteiger partial charge in [0.05, 0.1) is 0 Å². The Bertz CT molecular complexity index is 666. The zero-order valence-corrected chi connectivity index (χ0v) is 18.9. The quantitative estimate of drug-likeness (QED) is 0.456. The molecule has 152 valence electrons. The van der Waals surface area contributed by atoms with Crippen LogP contribution in [0.3, 0.4) is 0 Å². The van der Waals surface area contributed by atoms with Crippen LogP contribution in [0, 0.1) is 0 Å². The van der Waals surface area contributed by atoms with Crippen molar-refractivity contribution in [1.29, 1.82) is 0 Å². The summed E-state index contributed by atoms with van der Waals surface area (Å²) in [6.07, 6.45) is 0. The SMILES string of the molecule is CCN(CC)CCNCc1cccc(OCc2ccc(Cl)cc2Cl)c1.Cl.Cl. The van der Waals surface area contributed by atoms with Crippen LogP contribution in [0.5, 0.6) is 5.75 Å². The van der Waals surface area contributed by atoms with Crippen LogP contribution in [0.25, 0.3) is 0 Å². The van der Waals surface area contributed by atoms with Gasteiger partial charge in [-0.3, -0.25) is 0 Å². The zero-order chi connectivity index (χ0) is 18.1. The summed E-state index contributed by atoms with van der Waals surface area (Å²) in [4.78, 5) is 2.41. The van der Waals surface area contributed by atoms with Gasteiger partial charge in [-0.15, -0.1) is 24.8 Å². The van der Waals surface area contributed by atoms with Crippen LogP contribution in [0.2, 0.25) is 10.0 Å². The van der Waals surface area contributed by atoms with E-state index in [1.807, 2.05) is 24.3 Å². The first kappa shape index (κ1) is 26.3. The van der Waals surface area contributed by atoms with Gasteiger partial charge in [-0.05, 0) is 42.9 Å². The minimum Gasteiger partial charge on any atom is -0.489 e. The molecule has 0 aliphatic rings. The van der Waals surface area contributed by atoms with Crippen molar-refractivity contribution in [1.82, 2.24) is 10.2 Å². The van der Waals surface area contributed by atoms with Gasteiger partial charge >= 0.3 is 0 Å². The highest BCUT2D eigenvalue weighted by Gasteiger charge is 2.04. The summed E-state index contributed by atoms with van der Waals surface area (Å²) in [6, 6.07) is 13.6. The van der Waals surface area contributed by atoms with Gasteiger partial charge in [0.1, 0.15) is 12.4 Å². The number of nitrogens with one attached hydrogen (secondary N) is 1. The molecule has 0 fully saturated rings. The van der Waals surface area contributed by atoms with Crippen molar-refractivity contribution < 1.29 is 4.74 Å². The third kappa shape index (κ3) is 9.38. The Morgan fingerprint density at radius 2 is 1.74 bits per heavy atom. The maximum absolute atomic E-state index is 6.18.